The van der Waals surface area contributed by atoms with Crippen molar-refractivity contribution in [2.45, 2.75) is 44.6 Å². The number of hydrogen-bond acceptors (Lipinski definition) is 3. The topological polar surface area (TPSA) is 75.4 Å². The summed E-state index contributed by atoms with van der Waals surface area (Å²) in [5, 5.41) is 2.14. The number of piperidine rings is 1. The number of carbonyl (C=O) groups excluding carboxylic acids is 2. The van der Waals surface area contributed by atoms with E-state index in [1.807, 2.05) is 0 Å². The number of nitrogens with one attached hydrogen (secondary N) is 1. The Morgan fingerprint density at radius 1 is 1.18 bits per heavy atom. The smallest absolute Gasteiger partial charge is 0.318 e. The van der Waals surface area contributed by atoms with Crippen molar-refractivity contribution >= 4 is 11.9 Å². The Morgan fingerprint density at radius 3 is 2.65 bits per heavy atom. The van der Waals surface area contributed by atoms with E-state index in [1.165, 1.54) is 32.1 Å². The summed E-state index contributed by atoms with van der Waals surface area (Å²) in [6.45, 7) is 1.28. The minimum Gasteiger partial charge on any atom is -0.351 e. The Kier molecular flexibility index (Phi) is 3.99. The molecule has 0 aromatic rings. The molecule has 0 aromatic carbocycles. The van der Waals surface area contributed by atoms with Crippen LogP contribution in [0.25, 0.3) is 0 Å². The van der Waals surface area contributed by atoms with Crippen LogP contribution in [0.15, 0.2) is 0 Å². The number of carbonyl (C=O) groups is 2. The van der Waals surface area contributed by atoms with Crippen LogP contribution in [-0.4, -0.2) is 36.0 Å². The molecule has 2 fully saturated rings. The van der Waals surface area contributed by atoms with E-state index in [2.05, 4.69) is 10.2 Å². The molecule has 1 aliphatic carbocycles. The van der Waals surface area contributed by atoms with Crippen LogP contribution in [0, 0.1) is 5.92 Å². The monoisotopic (exact) mass is 239 g/mol. The van der Waals surface area contributed by atoms with Crippen LogP contribution >= 0.6 is 0 Å². The Labute approximate surface area is 102 Å². The van der Waals surface area contributed by atoms with E-state index in [9.17, 15) is 9.59 Å². The lowest BCUT2D eigenvalue weighted by Crippen LogP contribution is -2.51. The molecular weight excluding hydrogens is 218 g/mol. The third-order valence-corrected chi connectivity index (χ3v) is 3.97. The molecule has 3 N–H and O–H groups in total. The van der Waals surface area contributed by atoms with Crippen molar-refractivity contribution in [2.24, 2.45) is 11.7 Å². The fourth-order valence-electron chi connectivity index (χ4n) is 3.29. The molecule has 5 heteroatoms. The lowest BCUT2D eigenvalue weighted by Gasteiger charge is -2.43. The predicted molar refractivity (Wildman–Crippen MR) is 64.3 cm³/mol. The SMILES string of the molecule is NC(=O)NC(=O)CN1CCCC2CCCCC21. The van der Waals surface area contributed by atoms with Gasteiger partial charge in [0.05, 0.1) is 6.54 Å². The number of hydrogen-bond donors (Lipinski definition) is 2. The summed E-state index contributed by atoms with van der Waals surface area (Å²) in [6, 6.07) is -0.219. The molecule has 96 valence electrons. The lowest BCUT2D eigenvalue weighted by atomic mass is 9.78. The molecule has 5 nitrogen and oxygen atoms in total. The zero-order valence-corrected chi connectivity index (χ0v) is 10.2. The average molecular weight is 239 g/mol. The number of amides is 3. The maximum absolute atomic E-state index is 11.5. The summed E-state index contributed by atoms with van der Waals surface area (Å²) in [5.41, 5.74) is 4.94. The summed E-state index contributed by atoms with van der Waals surface area (Å²) in [7, 11) is 0. The van der Waals surface area contributed by atoms with Gasteiger partial charge in [0.15, 0.2) is 0 Å². The second kappa shape index (κ2) is 5.49. The Hall–Kier alpha value is -1.10. The van der Waals surface area contributed by atoms with Crippen molar-refractivity contribution in [1.82, 2.24) is 10.2 Å². The highest BCUT2D eigenvalue weighted by atomic mass is 16.2. The summed E-state index contributed by atoms with van der Waals surface area (Å²) in [6.07, 6.45) is 7.51. The first-order valence-corrected chi connectivity index (χ1v) is 6.50. The number of urea groups is 1. The Balaban J connectivity index is 1.90. The first-order valence-electron chi connectivity index (χ1n) is 6.50. The molecule has 0 spiro atoms. The molecular formula is C12H21N3O2. The van der Waals surface area contributed by atoms with Gasteiger partial charge in [0.2, 0.25) is 5.91 Å². The number of primary amides is 1. The van der Waals surface area contributed by atoms with E-state index in [1.54, 1.807) is 0 Å². The van der Waals surface area contributed by atoms with Crippen molar-refractivity contribution in [3.8, 4) is 0 Å². The fraction of sp³-hybridized carbons (Fsp3) is 0.833. The fourth-order valence-corrected chi connectivity index (χ4v) is 3.29. The highest BCUT2D eigenvalue weighted by molar-refractivity contribution is 5.94. The number of nitrogens with zero attached hydrogens (tertiary/aromatic N) is 1. The van der Waals surface area contributed by atoms with Crippen LogP contribution in [0.2, 0.25) is 0 Å². The largest absolute Gasteiger partial charge is 0.351 e. The van der Waals surface area contributed by atoms with Crippen LogP contribution in [0.3, 0.4) is 0 Å². The number of fused-ring (bicyclic) bond motifs is 1. The molecule has 2 atom stereocenters. The number of imide groups is 1. The van der Waals surface area contributed by atoms with Crippen LogP contribution in [0.4, 0.5) is 4.79 Å². The van der Waals surface area contributed by atoms with Gasteiger partial charge < -0.3 is 5.73 Å². The van der Waals surface area contributed by atoms with E-state index in [0.29, 0.717) is 12.6 Å². The molecule has 3 amide bonds. The van der Waals surface area contributed by atoms with Crippen molar-refractivity contribution in [3.05, 3.63) is 0 Å². The van der Waals surface area contributed by atoms with Gasteiger partial charge >= 0.3 is 6.03 Å². The van der Waals surface area contributed by atoms with Crippen LogP contribution in [-0.2, 0) is 4.79 Å². The first-order chi connectivity index (χ1) is 8.16. The molecule has 1 saturated carbocycles. The molecule has 2 aliphatic rings. The predicted octanol–water partition coefficient (Wildman–Crippen LogP) is 0.836. The van der Waals surface area contributed by atoms with Crippen LogP contribution < -0.4 is 11.1 Å². The van der Waals surface area contributed by atoms with Gasteiger partial charge in [-0.15, -0.1) is 0 Å². The van der Waals surface area contributed by atoms with E-state index >= 15 is 0 Å². The molecule has 0 aromatic heterocycles. The number of rotatable bonds is 2. The highest BCUT2D eigenvalue weighted by Crippen LogP contribution is 2.34. The summed E-state index contributed by atoms with van der Waals surface area (Å²) in [4.78, 5) is 24.4. The summed E-state index contributed by atoms with van der Waals surface area (Å²) in [5.74, 6) is 0.475. The van der Waals surface area contributed by atoms with E-state index < -0.39 is 6.03 Å². The minimum absolute atomic E-state index is 0.274. The maximum Gasteiger partial charge on any atom is 0.318 e. The quantitative estimate of drug-likeness (QED) is 0.749. The molecule has 0 radical (unpaired) electrons. The minimum atomic E-state index is -0.757. The molecule has 1 saturated heterocycles. The standard InChI is InChI=1S/C12H21N3O2/c13-12(17)14-11(16)8-15-7-3-5-9-4-1-2-6-10(9)15/h9-10H,1-8H2,(H3,13,14,16,17). The van der Waals surface area contributed by atoms with Gasteiger partial charge in [-0.1, -0.05) is 12.8 Å². The molecule has 1 aliphatic heterocycles. The van der Waals surface area contributed by atoms with Crippen LogP contribution in [0.1, 0.15) is 38.5 Å². The zero-order valence-electron chi connectivity index (χ0n) is 10.2. The third kappa shape index (κ3) is 3.19. The molecule has 1 heterocycles. The van der Waals surface area contributed by atoms with Gasteiger partial charge in [0.25, 0.3) is 0 Å². The van der Waals surface area contributed by atoms with Crippen LogP contribution in [0.5, 0.6) is 0 Å². The van der Waals surface area contributed by atoms with Crippen molar-refractivity contribution in [1.29, 1.82) is 0 Å². The summed E-state index contributed by atoms with van der Waals surface area (Å²) < 4.78 is 0. The zero-order chi connectivity index (χ0) is 12.3. The van der Waals surface area contributed by atoms with Gasteiger partial charge in [-0.05, 0) is 38.1 Å². The van der Waals surface area contributed by atoms with E-state index in [4.69, 9.17) is 5.73 Å². The van der Waals surface area contributed by atoms with Gasteiger partial charge in [-0.2, -0.15) is 0 Å². The van der Waals surface area contributed by atoms with Crippen molar-refractivity contribution in [2.75, 3.05) is 13.1 Å². The number of nitrogens with two attached hydrogens (primary N) is 1. The molecule has 2 unspecified atom stereocenters. The molecule has 0 bridgehead atoms. The van der Waals surface area contributed by atoms with E-state index in [0.717, 1.165) is 18.9 Å². The normalized spacial score (nSPS) is 29.4. The second-order valence-corrected chi connectivity index (χ2v) is 5.14. The second-order valence-electron chi connectivity index (χ2n) is 5.14. The average Bonchev–Trinajstić information content (AvgIpc) is 2.28. The van der Waals surface area contributed by atoms with Crippen molar-refractivity contribution < 1.29 is 9.59 Å². The van der Waals surface area contributed by atoms with Gasteiger partial charge in [-0.25, -0.2) is 4.79 Å². The lowest BCUT2D eigenvalue weighted by molar-refractivity contribution is -0.122. The van der Waals surface area contributed by atoms with Gasteiger partial charge in [-0.3, -0.25) is 15.0 Å². The highest BCUT2D eigenvalue weighted by Gasteiger charge is 2.33. The molecule has 2 rings (SSSR count). The summed E-state index contributed by atoms with van der Waals surface area (Å²) >= 11 is 0. The Bertz CT molecular complexity index is 304. The van der Waals surface area contributed by atoms with Crippen molar-refractivity contribution in [3.63, 3.8) is 0 Å². The van der Waals surface area contributed by atoms with Gasteiger partial charge in [0.1, 0.15) is 0 Å². The number of likely N-dealkylation sites (tertiary alicyclic amines) is 1. The van der Waals surface area contributed by atoms with E-state index in [-0.39, 0.29) is 5.91 Å². The van der Waals surface area contributed by atoms with Gasteiger partial charge in [0, 0.05) is 6.04 Å². The first kappa shape index (κ1) is 12.4. The molecule has 17 heavy (non-hydrogen) atoms. The third-order valence-electron chi connectivity index (χ3n) is 3.97. The maximum atomic E-state index is 11.5. The Morgan fingerprint density at radius 2 is 1.88 bits per heavy atom.